The summed E-state index contributed by atoms with van der Waals surface area (Å²) in [7, 11) is 0. The number of fused-ring (bicyclic) bond motifs is 2. The highest BCUT2D eigenvalue weighted by Crippen LogP contribution is 2.21. The van der Waals surface area contributed by atoms with Gasteiger partial charge in [-0.15, -0.1) is 0 Å². The molecule has 0 spiro atoms. The number of aliphatic hydroxyl groups excluding tert-OH is 1. The van der Waals surface area contributed by atoms with Crippen molar-refractivity contribution < 1.29 is 5.11 Å². The van der Waals surface area contributed by atoms with E-state index in [9.17, 15) is 0 Å². The predicted octanol–water partition coefficient (Wildman–Crippen LogP) is 0.806. The van der Waals surface area contributed by atoms with Crippen LogP contribution in [0.15, 0.2) is 36.9 Å². The molecule has 1 aliphatic rings. The number of nitrogens with zero attached hydrogens (tertiary/aromatic N) is 7. The van der Waals surface area contributed by atoms with Crippen molar-refractivity contribution in [2.75, 3.05) is 44.2 Å². The first kappa shape index (κ1) is 16.2. The first-order chi connectivity index (χ1) is 13.3. The maximum absolute atomic E-state index is 9.09. The fourth-order valence-corrected chi connectivity index (χ4v) is 3.53. The van der Waals surface area contributed by atoms with E-state index < -0.39 is 0 Å². The number of nitrogens with one attached hydrogen (secondary N) is 1. The topological polar surface area (TPSA) is 99.0 Å². The van der Waals surface area contributed by atoms with Crippen molar-refractivity contribution in [3.05, 3.63) is 36.9 Å². The van der Waals surface area contributed by atoms with E-state index in [2.05, 4.69) is 30.0 Å². The molecule has 3 aromatic heterocycles. The highest BCUT2D eigenvalue weighted by molar-refractivity contribution is 5.81. The van der Waals surface area contributed by atoms with Crippen LogP contribution in [0.3, 0.4) is 0 Å². The van der Waals surface area contributed by atoms with Crippen molar-refractivity contribution in [2.45, 2.75) is 0 Å². The summed E-state index contributed by atoms with van der Waals surface area (Å²) in [4.78, 5) is 18.2. The lowest BCUT2D eigenvalue weighted by atomic mass is 10.2. The molecule has 27 heavy (non-hydrogen) atoms. The van der Waals surface area contributed by atoms with Crippen molar-refractivity contribution in [3.8, 4) is 5.69 Å². The SMILES string of the molecule is OCCN1CCN(c2ncc3ncn(-c4ccc5cn[nH]c5c4)c3n2)CC1. The lowest BCUT2D eigenvalue weighted by molar-refractivity contribution is 0.188. The molecule has 0 unspecified atom stereocenters. The van der Waals surface area contributed by atoms with Crippen LogP contribution in [0.2, 0.25) is 0 Å². The zero-order chi connectivity index (χ0) is 18.2. The van der Waals surface area contributed by atoms with Gasteiger partial charge in [0.1, 0.15) is 11.8 Å². The van der Waals surface area contributed by atoms with Gasteiger partial charge in [-0.05, 0) is 18.2 Å². The second kappa shape index (κ2) is 6.60. The third-order valence-corrected chi connectivity index (χ3v) is 5.05. The molecule has 1 saturated heterocycles. The number of aromatic nitrogens is 6. The number of aromatic amines is 1. The molecule has 0 atom stereocenters. The summed E-state index contributed by atoms with van der Waals surface area (Å²) in [5.41, 5.74) is 3.51. The Hall–Kier alpha value is -3.04. The van der Waals surface area contributed by atoms with Crippen LogP contribution in [0.25, 0.3) is 27.8 Å². The molecule has 2 N–H and O–H groups in total. The monoisotopic (exact) mass is 364 g/mol. The second-order valence-corrected chi connectivity index (χ2v) is 6.69. The van der Waals surface area contributed by atoms with Crippen LogP contribution in [0.5, 0.6) is 0 Å². The van der Waals surface area contributed by atoms with Crippen LogP contribution < -0.4 is 4.90 Å². The summed E-state index contributed by atoms with van der Waals surface area (Å²) in [6.45, 7) is 4.41. The molecular weight excluding hydrogens is 344 g/mol. The second-order valence-electron chi connectivity index (χ2n) is 6.69. The van der Waals surface area contributed by atoms with E-state index in [1.165, 1.54) is 0 Å². The molecule has 9 heteroatoms. The molecule has 0 amide bonds. The Balaban J connectivity index is 1.47. The van der Waals surface area contributed by atoms with Crippen LogP contribution in [0.1, 0.15) is 0 Å². The number of hydrogen-bond acceptors (Lipinski definition) is 7. The molecule has 0 saturated carbocycles. The largest absolute Gasteiger partial charge is 0.395 e. The molecule has 0 radical (unpaired) electrons. The number of rotatable bonds is 4. The molecule has 138 valence electrons. The Morgan fingerprint density at radius 1 is 1.07 bits per heavy atom. The Morgan fingerprint density at radius 2 is 1.96 bits per heavy atom. The van der Waals surface area contributed by atoms with Gasteiger partial charge in [0.25, 0.3) is 0 Å². The van der Waals surface area contributed by atoms with Crippen LogP contribution in [0, 0.1) is 0 Å². The third kappa shape index (κ3) is 2.90. The molecule has 1 aromatic carbocycles. The minimum Gasteiger partial charge on any atom is -0.395 e. The number of H-pyrrole nitrogens is 1. The van der Waals surface area contributed by atoms with E-state index in [1.807, 2.05) is 29.0 Å². The number of anilines is 1. The number of aliphatic hydroxyl groups is 1. The van der Waals surface area contributed by atoms with Crippen LogP contribution in [0.4, 0.5) is 5.95 Å². The van der Waals surface area contributed by atoms with Crippen LogP contribution in [-0.4, -0.2) is 79.1 Å². The zero-order valence-corrected chi connectivity index (χ0v) is 14.8. The number of benzene rings is 1. The van der Waals surface area contributed by atoms with E-state index in [-0.39, 0.29) is 6.61 Å². The van der Waals surface area contributed by atoms with Crippen molar-refractivity contribution in [3.63, 3.8) is 0 Å². The van der Waals surface area contributed by atoms with Crippen molar-refractivity contribution in [2.24, 2.45) is 0 Å². The molecule has 1 aliphatic heterocycles. The molecule has 0 bridgehead atoms. The third-order valence-electron chi connectivity index (χ3n) is 5.05. The van der Waals surface area contributed by atoms with Gasteiger partial charge in [0, 0.05) is 38.1 Å². The van der Waals surface area contributed by atoms with Crippen molar-refractivity contribution >= 4 is 28.0 Å². The van der Waals surface area contributed by atoms with E-state index in [0.29, 0.717) is 0 Å². The Morgan fingerprint density at radius 3 is 2.81 bits per heavy atom. The van der Waals surface area contributed by atoms with Gasteiger partial charge in [-0.1, -0.05) is 0 Å². The molecule has 9 nitrogen and oxygen atoms in total. The molecule has 1 fully saturated rings. The number of imidazole rings is 1. The quantitative estimate of drug-likeness (QED) is 0.553. The summed E-state index contributed by atoms with van der Waals surface area (Å²) in [6, 6.07) is 6.11. The first-order valence-corrected chi connectivity index (χ1v) is 9.03. The number of piperazine rings is 1. The molecule has 0 aliphatic carbocycles. The average Bonchev–Trinajstić information content (AvgIpc) is 3.34. The fourth-order valence-electron chi connectivity index (χ4n) is 3.53. The summed E-state index contributed by atoms with van der Waals surface area (Å²) in [5, 5.41) is 17.2. The van der Waals surface area contributed by atoms with Crippen LogP contribution >= 0.6 is 0 Å². The van der Waals surface area contributed by atoms with E-state index in [1.54, 1.807) is 12.5 Å². The van der Waals surface area contributed by atoms with E-state index >= 15 is 0 Å². The van der Waals surface area contributed by atoms with E-state index in [0.717, 1.165) is 66.4 Å². The molecule has 5 rings (SSSR count). The van der Waals surface area contributed by atoms with Gasteiger partial charge < -0.3 is 10.0 Å². The Bertz CT molecular complexity index is 1080. The van der Waals surface area contributed by atoms with Gasteiger partial charge in [0.2, 0.25) is 5.95 Å². The fraction of sp³-hybridized carbons (Fsp3) is 0.333. The molecule has 4 heterocycles. The lowest BCUT2D eigenvalue weighted by Crippen LogP contribution is -2.47. The minimum absolute atomic E-state index is 0.197. The van der Waals surface area contributed by atoms with Gasteiger partial charge >= 0.3 is 0 Å². The highest BCUT2D eigenvalue weighted by atomic mass is 16.3. The number of hydrogen-bond donors (Lipinski definition) is 2. The maximum Gasteiger partial charge on any atom is 0.227 e. The number of β-amino-alcohol motifs (C(OH)–C–C–N with tert-alkyl or cyclic N) is 1. The zero-order valence-electron chi connectivity index (χ0n) is 14.8. The van der Waals surface area contributed by atoms with Gasteiger partial charge in [0.05, 0.1) is 30.2 Å². The smallest absolute Gasteiger partial charge is 0.227 e. The lowest BCUT2D eigenvalue weighted by Gasteiger charge is -2.34. The summed E-state index contributed by atoms with van der Waals surface area (Å²) in [6.07, 6.45) is 5.37. The predicted molar refractivity (Wildman–Crippen MR) is 102 cm³/mol. The van der Waals surface area contributed by atoms with Gasteiger partial charge in [0.15, 0.2) is 5.65 Å². The summed E-state index contributed by atoms with van der Waals surface area (Å²) >= 11 is 0. The Labute approximate surface area is 155 Å². The Kier molecular flexibility index (Phi) is 3.95. The summed E-state index contributed by atoms with van der Waals surface area (Å²) < 4.78 is 1.98. The normalized spacial score (nSPS) is 15.8. The minimum atomic E-state index is 0.197. The maximum atomic E-state index is 9.09. The molecular formula is C18H20N8O. The highest BCUT2D eigenvalue weighted by Gasteiger charge is 2.19. The van der Waals surface area contributed by atoms with Gasteiger partial charge in [-0.3, -0.25) is 14.6 Å². The van der Waals surface area contributed by atoms with Gasteiger partial charge in [-0.2, -0.15) is 10.1 Å². The summed E-state index contributed by atoms with van der Waals surface area (Å²) in [5.74, 6) is 0.718. The van der Waals surface area contributed by atoms with E-state index in [4.69, 9.17) is 10.1 Å². The standard InChI is InChI=1S/C18H20N8O/c27-8-7-24-3-5-25(6-4-24)18-19-11-16-17(22-18)26(12-20-16)14-2-1-13-10-21-23-15(13)9-14/h1-2,9-12,27H,3-8H2,(H,21,23). The van der Waals surface area contributed by atoms with Gasteiger partial charge in [-0.25, -0.2) is 9.97 Å². The van der Waals surface area contributed by atoms with Crippen molar-refractivity contribution in [1.29, 1.82) is 0 Å². The first-order valence-electron chi connectivity index (χ1n) is 9.03. The van der Waals surface area contributed by atoms with Crippen molar-refractivity contribution in [1.82, 2.24) is 34.6 Å². The molecule has 4 aromatic rings. The van der Waals surface area contributed by atoms with Crippen LogP contribution in [-0.2, 0) is 0 Å². The average molecular weight is 364 g/mol.